The highest BCUT2D eigenvalue weighted by atomic mass is 19.4. The number of aromatic hydroxyl groups is 1. The molecular formula is C14H10F3NO4. The number of rotatable bonds is 2. The lowest BCUT2D eigenvalue weighted by Gasteiger charge is -2.10. The standard InChI is InChI=1S/C14H10F3NO4/c1-7-5-10(19)11(13(21)22-7)12(20)18-9-4-2-3-8(6-9)14(15,16)17/h2-6,19H,1H3,(H,18,20). The van der Waals surface area contributed by atoms with Gasteiger partial charge >= 0.3 is 11.8 Å². The van der Waals surface area contributed by atoms with Gasteiger partial charge in [-0.2, -0.15) is 13.2 Å². The van der Waals surface area contributed by atoms with Gasteiger partial charge in [0, 0.05) is 11.8 Å². The third kappa shape index (κ3) is 3.27. The molecule has 0 atom stereocenters. The van der Waals surface area contributed by atoms with Gasteiger partial charge in [0.15, 0.2) is 5.56 Å². The van der Waals surface area contributed by atoms with E-state index >= 15 is 0 Å². The van der Waals surface area contributed by atoms with Crippen LogP contribution >= 0.6 is 0 Å². The Morgan fingerprint density at radius 3 is 2.55 bits per heavy atom. The molecule has 0 aliphatic rings. The van der Waals surface area contributed by atoms with Crippen molar-refractivity contribution in [2.24, 2.45) is 0 Å². The summed E-state index contributed by atoms with van der Waals surface area (Å²) >= 11 is 0. The van der Waals surface area contributed by atoms with Crippen LogP contribution in [0.25, 0.3) is 0 Å². The Morgan fingerprint density at radius 1 is 1.27 bits per heavy atom. The van der Waals surface area contributed by atoms with Crippen molar-refractivity contribution in [2.75, 3.05) is 5.32 Å². The van der Waals surface area contributed by atoms with Crippen molar-refractivity contribution < 1.29 is 27.5 Å². The topological polar surface area (TPSA) is 79.5 Å². The lowest BCUT2D eigenvalue weighted by molar-refractivity contribution is -0.137. The molecule has 0 radical (unpaired) electrons. The highest BCUT2D eigenvalue weighted by Crippen LogP contribution is 2.30. The van der Waals surface area contributed by atoms with Gasteiger partial charge in [-0.25, -0.2) is 4.79 Å². The molecule has 2 rings (SSSR count). The average molecular weight is 313 g/mol. The zero-order chi connectivity index (χ0) is 16.5. The van der Waals surface area contributed by atoms with Crippen molar-refractivity contribution in [3.05, 3.63) is 57.6 Å². The fourth-order valence-electron chi connectivity index (χ4n) is 1.77. The molecule has 5 nitrogen and oxygen atoms in total. The maximum Gasteiger partial charge on any atom is 0.416 e. The van der Waals surface area contributed by atoms with E-state index in [-0.39, 0.29) is 11.4 Å². The number of benzene rings is 1. The summed E-state index contributed by atoms with van der Waals surface area (Å²) < 4.78 is 42.4. The molecule has 0 saturated heterocycles. The number of alkyl halides is 3. The quantitative estimate of drug-likeness (QED) is 0.893. The Labute approximate surface area is 122 Å². The Hall–Kier alpha value is -2.77. The van der Waals surface area contributed by atoms with E-state index in [9.17, 15) is 27.9 Å². The monoisotopic (exact) mass is 313 g/mol. The maximum atomic E-state index is 12.6. The third-order valence-electron chi connectivity index (χ3n) is 2.73. The van der Waals surface area contributed by atoms with Crippen molar-refractivity contribution in [3.63, 3.8) is 0 Å². The molecule has 0 aliphatic heterocycles. The molecule has 1 aromatic heterocycles. The number of halogens is 3. The largest absolute Gasteiger partial charge is 0.507 e. The zero-order valence-electron chi connectivity index (χ0n) is 11.2. The molecule has 1 aromatic carbocycles. The number of amides is 1. The molecule has 8 heteroatoms. The van der Waals surface area contributed by atoms with Crippen LogP contribution in [0.15, 0.2) is 39.5 Å². The fraction of sp³-hybridized carbons (Fsp3) is 0.143. The van der Waals surface area contributed by atoms with E-state index in [4.69, 9.17) is 0 Å². The van der Waals surface area contributed by atoms with E-state index in [1.165, 1.54) is 13.0 Å². The first-order valence-electron chi connectivity index (χ1n) is 6.01. The van der Waals surface area contributed by atoms with Crippen LogP contribution < -0.4 is 10.9 Å². The van der Waals surface area contributed by atoms with Gasteiger partial charge in [0.2, 0.25) is 0 Å². The summed E-state index contributed by atoms with van der Waals surface area (Å²) in [6, 6.07) is 4.94. The summed E-state index contributed by atoms with van der Waals surface area (Å²) in [5.74, 6) is -1.58. The second-order valence-corrected chi connectivity index (χ2v) is 4.44. The molecule has 0 unspecified atom stereocenters. The summed E-state index contributed by atoms with van der Waals surface area (Å²) in [6.45, 7) is 1.40. The molecule has 2 aromatic rings. The number of anilines is 1. The molecule has 0 spiro atoms. The second kappa shape index (κ2) is 5.55. The van der Waals surface area contributed by atoms with Crippen molar-refractivity contribution in [1.82, 2.24) is 0 Å². The van der Waals surface area contributed by atoms with Crippen molar-refractivity contribution in [2.45, 2.75) is 13.1 Å². The van der Waals surface area contributed by atoms with E-state index in [1.807, 2.05) is 0 Å². The molecule has 0 saturated carbocycles. The van der Waals surface area contributed by atoms with Crippen molar-refractivity contribution in [3.8, 4) is 5.75 Å². The predicted molar refractivity (Wildman–Crippen MR) is 70.8 cm³/mol. The molecule has 0 aliphatic carbocycles. The van der Waals surface area contributed by atoms with Crippen LogP contribution in [0.1, 0.15) is 21.7 Å². The van der Waals surface area contributed by atoms with Gasteiger partial charge < -0.3 is 14.8 Å². The first-order valence-corrected chi connectivity index (χ1v) is 6.01. The maximum absolute atomic E-state index is 12.6. The van der Waals surface area contributed by atoms with Gasteiger partial charge in [-0.05, 0) is 25.1 Å². The van der Waals surface area contributed by atoms with Gasteiger partial charge in [0.25, 0.3) is 5.91 Å². The number of carbonyl (C=O) groups is 1. The molecule has 116 valence electrons. The predicted octanol–water partition coefficient (Wildman–Crippen LogP) is 2.92. The van der Waals surface area contributed by atoms with Crippen LogP contribution in [0, 0.1) is 6.92 Å². The zero-order valence-corrected chi connectivity index (χ0v) is 11.2. The van der Waals surface area contributed by atoms with Crippen LogP contribution in [0.2, 0.25) is 0 Å². The minimum atomic E-state index is -4.56. The number of carbonyl (C=O) groups excluding carboxylic acids is 1. The van der Waals surface area contributed by atoms with Crippen LogP contribution in [-0.2, 0) is 6.18 Å². The van der Waals surface area contributed by atoms with Gasteiger partial charge in [-0.3, -0.25) is 4.79 Å². The van der Waals surface area contributed by atoms with Gasteiger partial charge in [-0.1, -0.05) is 6.07 Å². The number of aryl methyl sites for hydroxylation is 1. The van der Waals surface area contributed by atoms with E-state index in [0.717, 1.165) is 18.2 Å². The van der Waals surface area contributed by atoms with Gasteiger partial charge in [0.1, 0.15) is 11.5 Å². The van der Waals surface area contributed by atoms with Crippen molar-refractivity contribution in [1.29, 1.82) is 0 Å². The normalized spacial score (nSPS) is 11.3. The van der Waals surface area contributed by atoms with Gasteiger partial charge in [0.05, 0.1) is 5.56 Å². The van der Waals surface area contributed by atoms with Crippen LogP contribution in [0.4, 0.5) is 18.9 Å². The third-order valence-corrected chi connectivity index (χ3v) is 2.73. The summed E-state index contributed by atoms with van der Waals surface area (Å²) in [4.78, 5) is 23.5. The smallest absolute Gasteiger partial charge is 0.416 e. The van der Waals surface area contributed by atoms with Crippen LogP contribution in [-0.4, -0.2) is 11.0 Å². The summed E-state index contributed by atoms with van der Waals surface area (Å²) in [5.41, 5.74) is -2.88. The summed E-state index contributed by atoms with van der Waals surface area (Å²) in [6.07, 6.45) is -4.56. The average Bonchev–Trinajstić information content (AvgIpc) is 2.36. The van der Waals surface area contributed by atoms with E-state index < -0.39 is 34.6 Å². The molecular weight excluding hydrogens is 303 g/mol. The first kappa shape index (κ1) is 15.6. The molecule has 22 heavy (non-hydrogen) atoms. The molecule has 2 N–H and O–H groups in total. The van der Waals surface area contributed by atoms with Crippen molar-refractivity contribution >= 4 is 11.6 Å². The van der Waals surface area contributed by atoms with E-state index in [0.29, 0.717) is 6.07 Å². The Morgan fingerprint density at radius 2 is 1.95 bits per heavy atom. The van der Waals surface area contributed by atoms with E-state index in [2.05, 4.69) is 9.73 Å². The molecule has 1 heterocycles. The minimum absolute atomic E-state index is 0.0955. The molecule has 1 amide bonds. The second-order valence-electron chi connectivity index (χ2n) is 4.44. The SMILES string of the molecule is Cc1cc(O)c(C(=O)Nc2cccc(C(F)(F)F)c2)c(=O)o1. The lowest BCUT2D eigenvalue weighted by Crippen LogP contribution is -2.21. The molecule has 0 fully saturated rings. The van der Waals surface area contributed by atoms with Crippen LogP contribution in [0.3, 0.4) is 0 Å². The number of hydrogen-bond acceptors (Lipinski definition) is 4. The first-order chi connectivity index (χ1) is 10.2. The Kier molecular flexibility index (Phi) is 3.94. The summed E-state index contributed by atoms with van der Waals surface area (Å²) in [5, 5.41) is 11.7. The summed E-state index contributed by atoms with van der Waals surface area (Å²) in [7, 11) is 0. The Bertz CT molecular complexity index is 780. The van der Waals surface area contributed by atoms with Crippen LogP contribution in [0.5, 0.6) is 5.75 Å². The van der Waals surface area contributed by atoms with Gasteiger partial charge in [-0.15, -0.1) is 0 Å². The number of nitrogens with one attached hydrogen (secondary N) is 1. The highest BCUT2D eigenvalue weighted by Gasteiger charge is 2.30. The minimum Gasteiger partial charge on any atom is -0.507 e. The lowest BCUT2D eigenvalue weighted by atomic mass is 10.2. The Balaban J connectivity index is 2.33. The fourth-order valence-corrected chi connectivity index (χ4v) is 1.77. The van der Waals surface area contributed by atoms with E-state index in [1.54, 1.807) is 0 Å². The number of hydrogen-bond donors (Lipinski definition) is 2. The molecule has 0 bridgehead atoms. The highest BCUT2D eigenvalue weighted by molar-refractivity contribution is 6.05.